The fraction of sp³-hybridized carbons (Fsp3) is 0.429. The lowest BCUT2D eigenvalue weighted by atomic mass is 9.82. The Balaban J connectivity index is 2.02. The van der Waals surface area contributed by atoms with Crippen molar-refractivity contribution in [1.29, 1.82) is 0 Å². The maximum absolute atomic E-state index is 12.1. The van der Waals surface area contributed by atoms with Gasteiger partial charge in [-0.3, -0.25) is 4.79 Å². The molecule has 2 rings (SSSR count). The zero-order valence-corrected chi connectivity index (χ0v) is 11.0. The molecule has 0 aromatic heterocycles. The van der Waals surface area contributed by atoms with E-state index in [1.807, 2.05) is 0 Å². The highest BCUT2D eigenvalue weighted by atomic mass is 16.4. The summed E-state index contributed by atoms with van der Waals surface area (Å²) in [4.78, 5) is 13.7. The Morgan fingerprint density at radius 2 is 2.05 bits per heavy atom. The maximum atomic E-state index is 12.1. The number of anilines is 1. The fourth-order valence-electron chi connectivity index (χ4n) is 2.14. The van der Waals surface area contributed by atoms with E-state index in [1.165, 1.54) is 19.3 Å². The third kappa shape index (κ3) is 3.05. The van der Waals surface area contributed by atoms with Crippen LogP contribution in [0.1, 0.15) is 31.2 Å². The van der Waals surface area contributed by atoms with Gasteiger partial charge in [0.15, 0.2) is 5.84 Å². The number of carbonyl (C=O) groups is 1. The molecular weight excluding hydrogens is 242 g/mol. The van der Waals surface area contributed by atoms with Crippen LogP contribution < -0.4 is 10.6 Å². The molecule has 3 N–H and O–H groups in total. The summed E-state index contributed by atoms with van der Waals surface area (Å²) in [5, 5.41) is 11.5. The molecule has 5 nitrogen and oxygen atoms in total. The molecule has 0 atom stereocenters. The standard InChI is InChI=1S/C14H19N3O2/c1-17(13(18)9-10-3-2-4-10)12-7-5-11(6-8-12)14(15)16-19/h5-8,10,19H,2-4,9H2,1H3,(H2,15,16). The molecule has 0 saturated heterocycles. The number of benzene rings is 1. The molecule has 1 fully saturated rings. The lowest BCUT2D eigenvalue weighted by Gasteiger charge is -2.27. The van der Waals surface area contributed by atoms with Crippen LogP contribution in [0.3, 0.4) is 0 Å². The predicted octanol–water partition coefficient (Wildman–Crippen LogP) is 1.93. The monoisotopic (exact) mass is 261 g/mol. The van der Waals surface area contributed by atoms with Crippen molar-refractivity contribution in [2.45, 2.75) is 25.7 Å². The number of amidine groups is 1. The second kappa shape index (κ2) is 5.73. The van der Waals surface area contributed by atoms with E-state index in [0.29, 0.717) is 17.9 Å². The Morgan fingerprint density at radius 1 is 1.42 bits per heavy atom. The SMILES string of the molecule is CN(C(=O)CC1CCC1)c1ccc(/C(N)=N/O)cc1. The van der Waals surface area contributed by atoms with Gasteiger partial charge in [-0.05, 0) is 43.0 Å². The number of oxime groups is 1. The molecule has 19 heavy (non-hydrogen) atoms. The van der Waals surface area contributed by atoms with Crippen molar-refractivity contribution in [2.24, 2.45) is 16.8 Å². The van der Waals surface area contributed by atoms with Crippen molar-refractivity contribution in [3.63, 3.8) is 0 Å². The van der Waals surface area contributed by atoms with E-state index in [9.17, 15) is 4.79 Å². The van der Waals surface area contributed by atoms with E-state index in [2.05, 4.69) is 5.16 Å². The molecule has 1 saturated carbocycles. The summed E-state index contributed by atoms with van der Waals surface area (Å²) in [5.41, 5.74) is 6.94. The Hall–Kier alpha value is -2.04. The number of nitrogens with two attached hydrogens (primary N) is 1. The van der Waals surface area contributed by atoms with E-state index < -0.39 is 0 Å². The van der Waals surface area contributed by atoms with Crippen LogP contribution in [0.4, 0.5) is 5.69 Å². The fourth-order valence-corrected chi connectivity index (χ4v) is 2.14. The lowest BCUT2D eigenvalue weighted by Crippen LogP contribution is -2.29. The van der Waals surface area contributed by atoms with Crippen molar-refractivity contribution in [1.82, 2.24) is 0 Å². The van der Waals surface area contributed by atoms with Crippen molar-refractivity contribution >= 4 is 17.4 Å². The van der Waals surface area contributed by atoms with Crippen molar-refractivity contribution < 1.29 is 10.0 Å². The topological polar surface area (TPSA) is 78.9 Å². The number of nitrogens with zero attached hydrogens (tertiary/aromatic N) is 2. The first-order chi connectivity index (χ1) is 9.11. The molecule has 1 aliphatic carbocycles. The van der Waals surface area contributed by atoms with Gasteiger partial charge in [-0.2, -0.15) is 0 Å². The molecule has 0 spiro atoms. The van der Waals surface area contributed by atoms with Crippen LogP contribution >= 0.6 is 0 Å². The van der Waals surface area contributed by atoms with Crippen LogP contribution in [0.25, 0.3) is 0 Å². The number of rotatable bonds is 4. The minimum absolute atomic E-state index is 0.0648. The van der Waals surface area contributed by atoms with Gasteiger partial charge in [-0.15, -0.1) is 0 Å². The maximum Gasteiger partial charge on any atom is 0.226 e. The molecule has 0 unspecified atom stereocenters. The average molecular weight is 261 g/mol. The van der Waals surface area contributed by atoms with E-state index in [-0.39, 0.29) is 11.7 Å². The molecule has 1 amide bonds. The first kappa shape index (κ1) is 13.4. The summed E-state index contributed by atoms with van der Waals surface area (Å²) in [7, 11) is 1.78. The molecule has 1 aromatic rings. The number of hydrogen-bond donors (Lipinski definition) is 2. The quantitative estimate of drug-likeness (QED) is 0.376. The highest BCUT2D eigenvalue weighted by molar-refractivity contribution is 5.98. The lowest BCUT2D eigenvalue weighted by molar-refractivity contribution is -0.119. The zero-order valence-electron chi connectivity index (χ0n) is 11.0. The zero-order chi connectivity index (χ0) is 13.8. The van der Waals surface area contributed by atoms with Crippen molar-refractivity contribution in [3.05, 3.63) is 29.8 Å². The van der Waals surface area contributed by atoms with Crippen molar-refractivity contribution in [2.75, 3.05) is 11.9 Å². The van der Waals surface area contributed by atoms with Crippen LogP contribution in [0.15, 0.2) is 29.4 Å². The highest BCUT2D eigenvalue weighted by Gasteiger charge is 2.22. The van der Waals surface area contributed by atoms with Gasteiger partial charge >= 0.3 is 0 Å². The second-order valence-corrected chi connectivity index (χ2v) is 4.99. The minimum atomic E-state index is 0.0648. The molecule has 1 aromatic carbocycles. The second-order valence-electron chi connectivity index (χ2n) is 4.99. The van der Waals surface area contributed by atoms with Gasteiger partial charge in [0, 0.05) is 24.7 Å². The third-order valence-corrected chi connectivity index (χ3v) is 3.72. The van der Waals surface area contributed by atoms with Gasteiger partial charge < -0.3 is 15.8 Å². The van der Waals surface area contributed by atoms with E-state index >= 15 is 0 Å². The Morgan fingerprint density at radius 3 is 2.53 bits per heavy atom. The highest BCUT2D eigenvalue weighted by Crippen LogP contribution is 2.30. The Labute approximate surface area is 112 Å². The summed E-state index contributed by atoms with van der Waals surface area (Å²) >= 11 is 0. The minimum Gasteiger partial charge on any atom is -0.409 e. The largest absolute Gasteiger partial charge is 0.409 e. The normalized spacial score (nSPS) is 15.9. The number of hydrogen-bond acceptors (Lipinski definition) is 3. The van der Waals surface area contributed by atoms with Crippen LogP contribution in [-0.2, 0) is 4.79 Å². The van der Waals surface area contributed by atoms with Gasteiger partial charge in [0.05, 0.1) is 0 Å². The molecule has 0 bridgehead atoms. The van der Waals surface area contributed by atoms with Gasteiger partial charge in [0.25, 0.3) is 0 Å². The molecule has 0 radical (unpaired) electrons. The van der Waals surface area contributed by atoms with Crippen LogP contribution in [-0.4, -0.2) is 24.0 Å². The summed E-state index contributed by atoms with van der Waals surface area (Å²) in [6, 6.07) is 7.06. The molecule has 5 heteroatoms. The van der Waals surface area contributed by atoms with Gasteiger partial charge in [-0.25, -0.2) is 0 Å². The molecule has 0 heterocycles. The van der Waals surface area contributed by atoms with Gasteiger partial charge in [0.2, 0.25) is 5.91 Å². The average Bonchev–Trinajstić information content (AvgIpc) is 2.41. The van der Waals surface area contributed by atoms with Gasteiger partial charge in [-0.1, -0.05) is 11.6 Å². The third-order valence-electron chi connectivity index (χ3n) is 3.72. The summed E-state index contributed by atoms with van der Waals surface area (Å²) in [6.45, 7) is 0. The van der Waals surface area contributed by atoms with Crippen molar-refractivity contribution in [3.8, 4) is 0 Å². The van der Waals surface area contributed by atoms with E-state index in [0.717, 1.165) is 5.69 Å². The van der Waals surface area contributed by atoms with Crippen LogP contribution in [0, 0.1) is 5.92 Å². The predicted molar refractivity (Wildman–Crippen MR) is 74.3 cm³/mol. The first-order valence-electron chi connectivity index (χ1n) is 6.46. The number of carbonyl (C=O) groups excluding carboxylic acids is 1. The first-order valence-corrected chi connectivity index (χ1v) is 6.46. The summed E-state index contributed by atoms with van der Waals surface area (Å²) in [5.74, 6) is 0.766. The number of amides is 1. The van der Waals surface area contributed by atoms with E-state index in [1.54, 1.807) is 36.2 Å². The van der Waals surface area contributed by atoms with Crippen LogP contribution in [0.2, 0.25) is 0 Å². The summed E-state index contributed by atoms with van der Waals surface area (Å²) in [6.07, 6.45) is 4.21. The Bertz CT molecular complexity index is 478. The molecular formula is C14H19N3O2. The Kier molecular flexibility index (Phi) is 4.04. The smallest absolute Gasteiger partial charge is 0.226 e. The molecule has 102 valence electrons. The van der Waals surface area contributed by atoms with Crippen LogP contribution in [0.5, 0.6) is 0 Å². The summed E-state index contributed by atoms with van der Waals surface area (Å²) < 4.78 is 0. The van der Waals surface area contributed by atoms with Gasteiger partial charge in [0.1, 0.15) is 0 Å². The molecule has 0 aliphatic heterocycles. The molecule has 1 aliphatic rings. The van der Waals surface area contributed by atoms with E-state index in [4.69, 9.17) is 10.9 Å².